The fourth-order valence-corrected chi connectivity index (χ4v) is 5.70. The Hall–Kier alpha value is -2.18. The van der Waals surface area contributed by atoms with Gasteiger partial charge in [-0.3, -0.25) is 9.78 Å². The molecule has 140 valence electrons. The molecule has 1 aromatic rings. The number of alkyl carbamates (subject to hydrolysis) is 1. The van der Waals surface area contributed by atoms with E-state index in [1.54, 1.807) is 6.20 Å². The van der Waals surface area contributed by atoms with Gasteiger partial charge in [-0.1, -0.05) is 0 Å². The van der Waals surface area contributed by atoms with Gasteiger partial charge in [-0.2, -0.15) is 0 Å². The molecule has 7 heteroatoms. The summed E-state index contributed by atoms with van der Waals surface area (Å²) in [4.78, 5) is 33.2. The molecule has 1 heterocycles. The SMILES string of the molecule is CCNC(=O)OC12CC3CC(CC(NC(=O)c4cncc(C)n4)(C3)C1)C2. The van der Waals surface area contributed by atoms with Gasteiger partial charge in [0.2, 0.25) is 0 Å². The van der Waals surface area contributed by atoms with Gasteiger partial charge in [0.1, 0.15) is 11.3 Å². The van der Waals surface area contributed by atoms with Crippen LogP contribution in [-0.2, 0) is 4.74 Å². The molecule has 26 heavy (non-hydrogen) atoms. The number of rotatable bonds is 4. The lowest BCUT2D eigenvalue weighted by molar-refractivity contribution is -0.141. The number of aromatic nitrogens is 2. The Balaban J connectivity index is 1.54. The molecule has 2 unspecified atom stereocenters. The van der Waals surface area contributed by atoms with E-state index in [1.165, 1.54) is 12.6 Å². The van der Waals surface area contributed by atoms with Gasteiger partial charge in [-0.25, -0.2) is 9.78 Å². The van der Waals surface area contributed by atoms with Crippen LogP contribution in [0.2, 0.25) is 0 Å². The molecule has 2 N–H and O–H groups in total. The molecular weight excluding hydrogens is 332 g/mol. The Morgan fingerprint density at radius 1 is 1.23 bits per heavy atom. The molecule has 4 bridgehead atoms. The Bertz CT molecular complexity index is 721. The minimum Gasteiger partial charge on any atom is -0.443 e. The third kappa shape index (κ3) is 3.15. The maximum Gasteiger partial charge on any atom is 0.407 e. The molecule has 0 radical (unpaired) electrons. The highest BCUT2D eigenvalue weighted by Gasteiger charge is 2.60. The van der Waals surface area contributed by atoms with Gasteiger partial charge < -0.3 is 15.4 Å². The standard InChI is InChI=1S/C19H26N4O3/c1-3-21-17(25)26-19-7-13-4-14(8-19)6-18(5-13,11-19)23-16(24)15-10-20-9-12(2)22-15/h9-10,13-14H,3-8,11H2,1-2H3,(H,21,25)(H,23,24). The maximum absolute atomic E-state index is 12.8. The van der Waals surface area contributed by atoms with E-state index in [1.807, 2.05) is 13.8 Å². The van der Waals surface area contributed by atoms with Gasteiger partial charge in [-0.15, -0.1) is 0 Å². The lowest BCUT2D eigenvalue weighted by Gasteiger charge is -2.61. The normalized spacial score (nSPS) is 34.4. The molecule has 5 rings (SSSR count). The average molecular weight is 358 g/mol. The van der Waals surface area contributed by atoms with Crippen molar-refractivity contribution in [3.05, 3.63) is 23.8 Å². The zero-order valence-electron chi connectivity index (χ0n) is 15.4. The van der Waals surface area contributed by atoms with E-state index in [-0.39, 0.29) is 17.5 Å². The molecular formula is C19H26N4O3. The van der Waals surface area contributed by atoms with Crippen LogP contribution < -0.4 is 10.6 Å². The van der Waals surface area contributed by atoms with Crippen molar-refractivity contribution in [3.63, 3.8) is 0 Å². The highest BCUT2D eigenvalue weighted by molar-refractivity contribution is 5.92. The summed E-state index contributed by atoms with van der Waals surface area (Å²) in [5.41, 5.74) is 0.312. The van der Waals surface area contributed by atoms with Crippen LogP contribution in [0.4, 0.5) is 4.79 Å². The molecule has 2 amide bonds. The van der Waals surface area contributed by atoms with Crippen LogP contribution in [0.25, 0.3) is 0 Å². The summed E-state index contributed by atoms with van der Waals surface area (Å²) in [5, 5.41) is 5.98. The summed E-state index contributed by atoms with van der Waals surface area (Å²) in [6, 6.07) is 0. The molecule has 0 spiro atoms. The smallest absolute Gasteiger partial charge is 0.407 e. The predicted molar refractivity (Wildman–Crippen MR) is 94.5 cm³/mol. The molecule has 4 aliphatic rings. The molecule has 4 aliphatic carbocycles. The average Bonchev–Trinajstić information content (AvgIpc) is 2.52. The van der Waals surface area contributed by atoms with E-state index in [4.69, 9.17) is 4.74 Å². The molecule has 4 fully saturated rings. The Morgan fingerprint density at radius 3 is 2.62 bits per heavy atom. The lowest BCUT2D eigenvalue weighted by atomic mass is 9.51. The third-order valence-electron chi connectivity index (χ3n) is 6.00. The summed E-state index contributed by atoms with van der Waals surface area (Å²) in [6.07, 6.45) is 8.37. The maximum atomic E-state index is 12.8. The number of nitrogens with one attached hydrogen (secondary N) is 2. The number of carbonyl (C=O) groups is 2. The largest absolute Gasteiger partial charge is 0.443 e. The van der Waals surface area contributed by atoms with E-state index in [2.05, 4.69) is 20.6 Å². The fourth-order valence-electron chi connectivity index (χ4n) is 5.70. The van der Waals surface area contributed by atoms with Crippen LogP contribution in [0.5, 0.6) is 0 Å². The Kier molecular flexibility index (Phi) is 4.12. The van der Waals surface area contributed by atoms with Gasteiger partial charge in [0.05, 0.1) is 11.9 Å². The van der Waals surface area contributed by atoms with Crippen LogP contribution in [0.3, 0.4) is 0 Å². The summed E-state index contributed by atoms with van der Waals surface area (Å²) < 4.78 is 5.89. The lowest BCUT2D eigenvalue weighted by Crippen LogP contribution is -2.66. The number of carbonyl (C=O) groups excluding carboxylic acids is 2. The monoisotopic (exact) mass is 358 g/mol. The first kappa shape index (κ1) is 17.2. The molecule has 0 aromatic carbocycles. The second-order valence-corrected chi connectivity index (χ2v) is 8.34. The van der Waals surface area contributed by atoms with Crippen molar-refractivity contribution in [2.24, 2.45) is 11.8 Å². The van der Waals surface area contributed by atoms with Crippen molar-refractivity contribution in [1.82, 2.24) is 20.6 Å². The van der Waals surface area contributed by atoms with Crippen molar-refractivity contribution >= 4 is 12.0 Å². The molecule has 1 aromatic heterocycles. The minimum atomic E-state index is -0.450. The van der Waals surface area contributed by atoms with Gasteiger partial charge >= 0.3 is 6.09 Å². The number of amides is 2. The number of hydrogen-bond acceptors (Lipinski definition) is 5. The Morgan fingerprint density at radius 2 is 1.96 bits per heavy atom. The van der Waals surface area contributed by atoms with Crippen LogP contribution in [0.1, 0.15) is 61.6 Å². The molecule has 4 saturated carbocycles. The van der Waals surface area contributed by atoms with E-state index in [0.29, 0.717) is 30.5 Å². The second-order valence-electron chi connectivity index (χ2n) is 8.34. The van der Waals surface area contributed by atoms with Crippen molar-refractivity contribution in [2.75, 3.05) is 6.54 Å². The van der Waals surface area contributed by atoms with Crippen molar-refractivity contribution in [2.45, 2.75) is 63.5 Å². The van der Waals surface area contributed by atoms with Gasteiger partial charge in [0, 0.05) is 24.7 Å². The van der Waals surface area contributed by atoms with Gasteiger partial charge in [0.25, 0.3) is 5.91 Å². The van der Waals surface area contributed by atoms with Gasteiger partial charge in [0.15, 0.2) is 0 Å². The number of hydrogen-bond donors (Lipinski definition) is 2. The minimum absolute atomic E-state index is 0.184. The molecule has 0 aliphatic heterocycles. The van der Waals surface area contributed by atoms with Crippen molar-refractivity contribution < 1.29 is 14.3 Å². The van der Waals surface area contributed by atoms with Crippen LogP contribution in [0.15, 0.2) is 12.4 Å². The van der Waals surface area contributed by atoms with Crippen molar-refractivity contribution in [3.8, 4) is 0 Å². The topological polar surface area (TPSA) is 93.2 Å². The molecule has 7 nitrogen and oxygen atoms in total. The van der Waals surface area contributed by atoms with Crippen molar-refractivity contribution in [1.29, 1.82) is 0 Å². The van der Waals surface area contributed by atoms with Gasteiger partial charge in [-0.05, 0) is 57.8 Å². The summed E-state index contributed by atoms with van der Waals surface area (Å²) in [5.74, 6) is 0.806. The van der Waals surface area contributed by atoms with Crippen LogP contribution in [0, 0.1) is 18.8 Å². The van der Waals surface area contributed by atoms with Crippen LogP contribution in [-0.4, -0.2) is 39.7 Å². The summed E-state index contributed by atoms with van der Waals surface area (Å²) in [7, 11) is 0. The first-order chi connectivity index (χ1) is 12.4. The highest BCUT2D eigenvalue weighted by atomic mass is 16.6. The quantitative estimate of drug-likeness (QED) is 0.862. The Labute approximate surface area is 153 Å². The van der Waals surface area contributed by atoms with E-state index < -0.39 is 5.60 Å². The van der Waals surface area contributed by atoms with E-state index in [9.17, 15) is 9.59 Å². The number of nitrogens with zero attached hydrogens (tertiary/aromatic N) is 2. The number of ether oxygens (including phenoxy) is 1. The predicted octanol–water partition coefficient (Wildman–Crippen LogP) is 2.35. The molecule has 2 atom stereocenters. The fraction of sp³-hybridized carbons (Fsp3) is 0.684. The van der Waals surface area contributed by atoms with E-state index in [0.717, 1.165) is 31.4 Å². The summed E-state index contributed by atoms with van der Waals surface area (Å²) >= 11 is 0. The zero-order chi connectivity index (χ0) is 18.4. The highest BCUT2D eigenvalue weighted by Crippen LogP contribution is 2.58. The third-order valence-corrected chi connectivity index (χ3v) is 6.00. The second kappa shape index (κ2) is 6.21. The van der Waals surface area contributed by atoms with Crippen LogP contribution >= 0.6 is 0 Å². The zero-order valence-corrected chi connectivity index (χ0v) is 15.4. The van der Waals surface area contributed by atoms with E-state index >= 15 is 0 Å². The first-order valence-electron chi connectivity index (χ1n) is 9.49. The summed E-state index contributed by atoms with van der Waals surface area (Å²) in [6.45, 7) is 4.25. The number of aryl methyl sites for hydroxylation is 1. The first-order valence-corrected chi connectivity index (χ1v) is 9.49. The molecule has 0 saturated heterocycles.